The van der Waals surface area contributed by atoms with E-state index in [0.717, 1.165) is 0 Å². The molecule has 148 valence electrons. The SMILES string of the molecule is Cc1[nH]n(-c2ccccc2)c(=O)c1/C=N/NC(=O)COc1ccccc1[N+](=O)[O-]. The molecule has 10 nitrogen and oxygen atoms in total. The zero-order valence-electron chi connectivity index (χ0n) is 15.4. The highest BCUT2D eigenvalue weighted by Crippen LogP contribution is 2.25. The number of nitrogens with zero attached hydrogens (tertiary/aromatic N) is 3. The number of aromatic amines is 1. The van der Waals surface area contributed by atoms with Gasteiger partial charge in [0.2, 0.25) is 0 Å². The lowest BCUT2D eigenvalue weighted by Crippen LogP contribution is -2.25. The molecule has 0 atom stereocenters. The zero-order valence-corrected chi connectivity index (χ0v) is 15.4. The maximum atomic E-state index is 12.5. The second-order valence-electron chi connectivity index (χ2n) is 5.93. The second kappa shape index (κ2) is 8.65. The van der Waals surface area contributed by atoms with E-state index in [0.29, 0.717) is 11.4 Å². The van der Waals surface area contributed by atoms with Crippen molar-refractivity contribution in [3.63, 3.8) is 0 Å². The average Bonchev–Trinajstić information content (AvgIpc) is 3.01. The van der Waals surface area contributed by atoms with Crippen LogP contribution in [-0.4, -0.2) is 33.4 Å². The monoisotopic (exact) mass is 395 g/mol. The molecule has 1 heterocycles. The van der Waals surface area contributed by atoms with Crippen molar-refractivity contribution in [1.82, 2.24) is 15.2 Å². The molecule has 0 aliphatic rings. The first kappa shape index (κ1) is 19.5. The Balaban J connectivity index is 1.63. The Morgan fingerprint density at radius 3 is 2.66 bits per heavy atom. The van der Waals surface area contributed by atoms with Gasteiger partial charge in [-0.25, -0.2) is 10.1 Å². The number of hydrazone groups is 1. The number of carbonyl (C=O) groups is 1. The number of benzene rings is 2. The Hall–Kier alpha value is -4.21. The first-order valence-corrected chi connectivity index (χ1v) is 8.52. The van der Waals surface area contributed by atoms with E-state index in [-0.39, 0.29) is 22.6 Å². The van der Waals surface area contributed by atoms with Crippen molar-refractivity contribution in [1.29, 1.82) is 0 Å². The smallest absolute Gasteiger partial charge is 0.310 e. The van der Waals surface area contributed by atoms with E-state index in [1.165, 1.54) is 29.1 Å². The number of ether oxygens (including phenoxy) is 1. The first-order chi connectivity index (χ1) is 14.0. The van der Waals surface area contributed by atoms with Crippen molar-refractivity contribution in [3.05, 3.63) is 86.3 Å². The predicted octanol–water partition coefficient (Wildman–Crippen LogP) is 1.91. The third kappa shape index (κ3) is 4.56. The summed E-state index contributed by atoms with van der Waals surface area (Å²) in [4.78, 5) is 34.7. The van der Waals surface area contributed by atoms with Crippen molar-refractivity contribution in [3.8, 4) is 11.4 Å². The van der Waals surface area contributed by atoms with Crippen LogP contribution < -0.4 is 15.7 Å². The zero-order chi connectivity index (χ0) is 20.8. The minimum Gasteiger partial charge on any atom is -0.477 e. The number of H-pyrrole nitrogens is 1. The number of carbonyl (C=O) groups excluding carboxylic acids is 1. The van der Waals surface area contributed by atoms with Gasteiger partial charge in [-0.2, -0.15) is 5.10 Å². The number of aromatic nitrogens is 2. The summed E-state index contributed by atoms with van der Waals surface area (Å²) < 4.78 is 6.54. The Kier molecular flexibility index (Phi) is 5.83. The van der Waals surface area contributed by atoms with Gasteiger partial charge < -0.3 is 4.74 Å². The maximum absolute atomic E-state index is 12.5. The molecule has 0 aliphatic carbocycles. The largest absolute Gasteiger partial charge is 0.477 e. The van der Waals surface area contributed by atoms with Gasteiger partial charge in [-0.1, -0.05) is 30.3 Å². The lowest BCUT2D eigenvalue weighted by atomic mass is 10.3. The number of para-hydroxylation sites is 3. The summed E-state index contributed by atoms with van der Waals surface area (Å²) in [5.41, 5.74) is 3.20. The second-order valence-corrected chi connectivity index (χ2v) is 5.93. The highest BCUT2D eigenvalue weighted by Gasteiger charge is 2.15. The number of nitro groups is 1. The number of rotatable bonds is 7. The number of hydrogen-bond donors (Lipinski definition) is 2. The third-order valence-electron chi connectivity index (χ3n) is 3.94. The van der Waals surface area contributed by atoms with E-state index >= 15 is 0 Å². The molecule has 2 N–H and O–H groups in total. The van der Waals surface area contributed by atoms with Gasteiger partial charge in [0.05, 0.1) is 22.4 Å². The van der Waals surface area contributed by atoms with Gasteiger partial charge in [0, 0.05) is 11.8 Å². The number of amides is 1. The lowest BCUT2D eigenvalue weighted by molar-refractivity contribution is -0.385. The van der Waals surface area contributed by atoms with E-state index in [9.17, 15) is 19.7 Å². The standard InChI is InChI=1S/C19H17N5O5/c1-13-15(19(26)23(22-13)14-7-3-2-4-8-14)11-20-21-18(25)12-29-17-10-6-5-9-16(17)24(27)28/h2-11,22H,12H2,1H3,(H,21,25)/b20-11+. The summed E-state index contributed by atoms with van der Waals surface area (Å²) in [5.74, 6) is -0.653. The number of nitro benzene ring substituents is 1. The van der Waals surface area contributed by atoms with E-state index in [1.807, 2.05) is 18.2 Å². The molecule has 29 heavy (non-hydrogen) atoms. The number of aryl methyl sites for hydroxylation is 1. The lowest BCUT2D eigenvalue weighted by Gasteiger charge is -2.05. The van der Waals surface area contributed by atoms with E-state index in [2.05, 4.69) is 15.6 Å². The van der Waals surface area contributed by atoms with E-state index in [4.69, 9.17) is 4.74 Å². The van der Waals surface area contributed by atoms with Gasteiger partial charge in [0.1, 0.15) is 0 Å². The van der Waals surface area contributed by atoms with Crippen LogP contribution in [-0.2, 0) is 4.79 Å². The maximum Gasteiger partial charge on any atom is 0.310 e. The van der Waals surface area contributed by atoms with Gasteiger partial charge in [-0.3, -0.25) is 24.8 Å². The van der Waals surface area contributed by atoms with Gasteiger partial charge in [-0.05, 0) is 25.1 Å². The van der Waals surface area contributed by atoms with Gasteiger partial charge in [0.25, 0.3) is 11.5 Å². The molecule has 0 spiro atoms. The highest BCUT2D eigenvalue weighted by atomic mass is 16.6. The van der Waals surface area contributed by atoms with Crippen molar-refractivity contribution < 1.29 is 14.5 Å². The molecule has 10 heteroatoms. The van der Waals surface area contributed by atoms with Gasteiger partial charge in [0.15, 0.2) is 12.4 Å². The molecule has 0 unspecified atom stereocenters. The number of nitrogens with one attached hydrogen (secondary N) is 2. The van der Waals surface area contributed by atoms with Crippen LogP contribution in [0.5, 0.6) is 5.75 Å². The molecule has 3 rings (SSSR count). The fourth-order valence-electron chi connectivity index (χ4n) is 2.54. The van der Waals surface area contributed by atoms with Crippen LogP contribution in [0.25, 0.3) is 5.69 Å². The highest BCUT2D eigenvalue weighted by molar-refractivity contribution is 5.83. The molecule has 3 aromatic rings. The third-order valence-corrected chi connectivity index (χ3v) is 3.94. The van der Waals surface area contributed by atoms with Crippen LogP contribution in [0.4, 0.5) is 5.69 Å². The average molecular weight is 395 g/mol. The van der Waals surface area contributed by atoms with Crippen LogP contribution in [0.15, 0.2) is 64.5 Å². The molecule has 0 aliphatic heterocycles. The predicted molar refractivity (Wildman–Crippen MR) is 105 cm³/mol. The molecule has 0 fully saturated rings. The molecule has 1 amide bonds. The van der Waals surface area contributed by atoms with Gasteiger partial charge in [-0.15, -0.1) is 0 Å². The summed E-state index contributed by atoms with van der Waals surface area (Å²) in [7, 11) is 0. The topological polar surface area (TPSA) is 132 Å². The van der Waals surface area contributed by atoms with Crippen molar-refractivity contribution in [2.75, 3.05) is 6.61 Å². The molecule has 1 aromatic heterocycles. The summed E-state index contributed by atoms with van der Waals surface area (Å²) in [6, 6.07) is 14.7. The van der Waals surface area contributed by atoms with Crippen molar-refractivity contribution in [2.24, 2.45) is 5.10 Å². The molecule has 0 saturated carbocycles. The minimum atomic E-state index is -0.629. The molecule has 2 aromatic carbocycles. The molecule has 0 saturated heterocycles. The van der Waals surface area contributed by atoms with Crippen LogP contribution in [0, 0.1) is 17.0 Å². The fourth-order valence-corrected chi connectivity index (χ4v) is 2.54. The Morgan fingerprint density at radius 2 is 1.93 bits per heavy atom. The van der Waals surface area contributed by atoms with Gasteiger partial charge >= 0.3 is 5.69 Å². The molecule has 0 radical (unpaired) electrons. The molecular weight excluding hydrogens is 378 g/mol. The van der Waals surface area contributed by atoms with Crippen molar-refractivity contribution >= 4 is 17.8 Å². The quantitative estimate of drug-likeness (QED) is 0.358. The minimum absolute atomic E-state index is 0.0242. The summed E-state index contributed by atoms with van der Waals surface area (Å²) in [6.07, 6.45) is 1.23. The van der Waals surface area contributed by atoms with Crippen molar-refractivity contribution in [2.45, 2.75) is 6.92 Å². The summed E-state index contributed by atoms with van der Waals surface area (Å²) in [5, 5.41) is 17.6. The Labute approximate surface area is 164 Å². The Morgan fingerprint density at radius 1 is 1.24 bits per heavy atom. The van der Waals surface area contributed by atoms with E-state index in [1.54, 1.807) is 25.1 Å². The summed E-state index contributed by atoms with van der Waals surface area (Å²) in [6.45, 7) is 1.24. The fraction of sp³-hybridized carbons (Fsp3) is 0.105. The normalized spacial score (nSPS) is 10.8. The van der Waals surface area contributed by atoms with Crippen LogP contribution in [0.1, 0.15) is 11.3 Å². The summed E-state index contributed by atoms with van der Waals surface area (Å²) >= 11 is 0. The number of hydrogen-bond acceptors (Lipinski definition) is 6. The Bertz CT molecular complexity index is 1120. The first-order valence-electron chi connectivity index (χ1n) is 8.52. The molecular formula is C19H17N5O5. The van der Waals surface area contributed by atoms with E-state index < -0.39 is 17.4 Å². The van der Waals surface area contributed by atoms with Crippen LogP contribution in [0.3, 0.4) is 0 Å². The molecule has 0 bridgehead atoms. The van der Waals surface area contributed by atoms with Crippen LogP contribution in [0.2, 0.25) is 0 Å². The van der Waals surface area contributed by atoms with Crippen LogP contribution >= 0.6 is 0 Å².